The molecule has 7 nitrogen and oxygen atoms in total. The van der Waals surface area contributed by atoms with Crippen molar-refractivity contribution in [2.45, 2.75) is 6.92 Å². The normalized spacial score (nSPS) is 13.7. The van der Waals surface area contributed by atoms with Crippen molar-refractivity contribution in [3.63, 3.8) is 0 Å². The molecule has 0 atom stereocenters. The lowest BCUT2D eigenvalue weighted by atomic mass is 10.1. The minimum absolute atomic E-state index is 0.113. The molecule has 0 radical (unpaired) electrons. The van der Waals surface area contributed by atoms with Gasteiger partial charge >= 0.3 is 5.97 Å². The molecule has 0 aromatic heterocycles. The number of hydrogen-bond acceptors (Lipinski definition) is 7. The number of ketones is 1. The molecule has 0 amide bonds. The van der Waals surface area contributed by atoms with Crippen LogP contribution in [-0.4, -0.2) is 39.7 Å². The van der Waals surface area contributed by atoms with Crippen molar-refractivity contribution < 1.29 is 33.3 Å². The molecule has 0 spiro atoms. The van der Waals surface area contributed by atoms with Crippen molar-refractivity contribution >= 4 is 17.8 Å². The lowest BCUT2D eigenvalue weighted by molar-refractivity contribution is 0.0526. The summed E-state index contributed by atoms with van der Waals surface area (Å²) in [6.45, 7) is 1.97. The molecule has 0 fully saturated rings. The highest BCUT2D eigenvalue weighted by Gasteiger charge is 2.29. The summed E-state index contributed by atoms with van der Waals surface area (Å²) in [7, 11) is 4.52. The molecule has 2 aromatic rings. The zero-order chi connectivity index (χ0) is 20.3. The van der Waals surface area contributed by atoms with Crippen molar-refractivity contribution in [3.8, 4) is 23.0 Å². The summed E-state index contributed by atoms with van der Waals surface area (Å²) >= 11 is 0. The van der Waals surface area contributed by atoms with Gasteiger partial charge in [-0.3, -0.25) is 4.79 Å². The van der Waals surface area contributed by atoms with E-state index in [4.69, 9.17) is 23.7 Å². The third-order valence-electron chi connectivity index (χ3n) is 4.20. The molecule has 2 aromatic carbocycles. The summed E-state index contributed by atoms with van der Waals surface area (Å²) in [5.41, 5.74) is 1.18. The van der Waals surface area contributed by atoms with Crippen LogP contribution >= 0.6 is 0 Å². The third-order valence-corrected chi connectivity index (χ3v) is 4.20. The number of carbonyl (C=O) groups is 2. The summed E-state index contributed by atoms with van der Waals surface area (Å²) < 4.78 is 26.7. The van der Waals surface area contributed by atoms with Gasteiger partial charge in [-0.25, -0.2) is 4.79 Å². The molecule has 146 valence electrons. The minimum Gasteiger partial charge on any atom is -0.493 e. The monoisotopic (exact) mass is 384 g/mol. The number of esters is 1. The molecular weight excluding hydrogens is 364 g/mol. The smallest absolute Gasteiger partial charge is 0.338 e. The fourth-order valence-corrected chi connectivity index (χ4v) is 2.91. The van der Waals surface area contributed by atoms with E-state index in [1.54, 1.807) is 37.3 Å². The lowest BCUT2D eigenvalue weighted by Crippen LogP contribution is -2.05. The maximum absolute atomic E-state index is 12.8. The van der Waals surface area contributed by atoms with Crippen molar-refractivity contribution in [3.05, 3.63) is 52.8 Å². The zero-order valence-corrected chi connectivity index (χ0v) is 16.0. The van der Waals surface area contributed by atoms with Gasteiger partial charge < -0.3 is 23.7 Å². The Balaban J connectivity index is 1.98. The van der Waals surface area contributed by atoms with Crippen LogP contribution in [0.2, 0.25) is 0 Å². The number of hydrogen-bond donors (Lipinski definition) is 0. The molecule has 0 unspecified atom stereocenters. The Morgan fingerprint density at radius 3 is 2.43 bits per heavy atom. The van der Waals surface area contributed by atoms with Gasteiger partial charge in [-0.15, -0.1) is 0 Å². The first kappa shape index (κ1) is 19.3. The van der Waals surface area contributed by atoms with Gasteiger partial charge in [-0.05, 0) is 43.3 Å². The van der Waals surface area contributed by atoms with Crippen LogP contribution in [0.3, 0.4) is 0 Å². The van der Waals surface area contributed by atoms with Crippen LogP contribution in [0, 0.1) is 0 Å². The molecule has 1 heterocycles. The number of benzene rings is 2. The second kappa shape index (κ2) is 8.04. The Labute approximate surface area is 162 Å². The van der Waals surface area contributed by atoms with Gasteiger partial charge in [-0.2, -0.15) is 0 Å². The van der Waals surface area contributed by atoms with Crippen LogP contribution < -0.4 is 18.9 Å². The number of methoxy groups -OCH3 is 3. The van der Waals surface area contributed by atoms with Crippen molar-refractivity contribution in [1.29, 1.82) is 0 Å². The molecule has 0 aliphatic carbocycles. The van der Waals surface area contributed by atoms with E-state index in [2.05, 4.69) is 0 Å². The molecule has 0 saturated heterocycles. The first-order chi connectivity index (χ1) is 13.5. The molecule has 3 rings (SSSR count). The van der Waals surface area contributed by atoms with Gasteiger partial charge in [0.05, 0.1) is 39.1 Å². The van der Waals surface area contributed by atoms with Crippen molar-refractivity contribution in [1.82, 2.24) is 0 Å². The van der Waals surface area contributed by atoms with E-state index in [9.17, 15) is 9.59 Å². The quantitative estimate of drug-likeness (QED) is 0.557. The summed E-state index contributed by atoms with van der Waals surface area (Å²) in [5, 5.41) is 0. The maximum atomic E-state index is 12.8. The number of ether oxygens (including phenoxy) is 5. The predicted molar refractivity (Wildman–Crippen MR) is 101 cm³/mol. The van der Waals surface area contributed by atoms with Crippen LogP contribution in [0.4, 0.5) is 0 Å². The maximum Gasteiger partial charge on any atom is 0.338 e. The second-order valence-corrected chi connectivity index (χ2v) is 5.79. The average molecular weight is 384 g/mol. The van der Waals surface area contributed by atoms with Crippen molar-refractivity contribution in [2.75, 3.05) is 27.9 Å². The van der Waals surface area contributed by atoms with E-state index in [0.717, 1.165) is 0 Å². The first-order valence-corrected chi connectivity index (χ1v) is 8.58. The van der Waals surface area contributed by atoms with Gasteiger partial charge in [0.1, 0.15) is 5.75 Å². The molecular formula is C21H20O7. The van der Waals surface area contributed by atoms with Gasteiger partial charge in [0.25, 0.3) is 0 Å². The Morgan fingerprint density at radius 2 is 1.79 bits per heavy atom. The SMILES string of the molecule is CCOC(=O)c1ccc2c(c1)C(=O)C(=Cc1ccc(OC)c(OC)c1OC)O2. The number of rotatable bonds is 6. The molecule has 28 heavy (non-hydrogen) atoms. The van der Waals surface area contributed by atoms with Crippen LogP contribution in [0.25, 0.3) is 6.08 Å². The third kappa shape index (κ3) is 3.38. The van der Waals surface area contributed by atoms with E-state index >= 15 is 0 Å². The molecule has 7 heteroatoms. The summed E-state index contributed by atoms with van der Waals surface area (Å²) in [6.07, 6.45) is 1.56. The fraction of sp³-hybridized carbons (Fsp3) is 0.238. The Kier molecular flexibility index (Phi) is 5.54. The Morgan fingerprint density at radius 1 is 1.04 bits per heavy atom. The van der Waals surface area contributed by atoms with E-state index < -0.39 is 5.97 Å². The molecule has 0 bridgehead atoms. The van der Waals surface area contributed by atoms with Gasteiger partial charge in [0.2, 0.25) is 11.5 Å². The molecule has 1 aliphatic rings. The Bertz CT molecular complexity index is 959. The summed E-state index contributed by atoms with van der Waals surface area (Å²) in [6, 6.07) is 8.05. The lowest BCUT2D eigenvalue weighted by Gasteiger charge is -2.14. The molecule has 0 saturated carbocycles. The van der Waals surface area contributed by atoms with E-state index in [1.807, 2.05) is 0 Å². The van der Waals surface area contributed by atoms with Gasteiger partial charge in [-0.1, -0.05) is 0 Å². The highest BCUT2D eigenvalue weighted by Crippen LogP contribution is 2.41. The van der Waals surface area contributed by atoms with Crippen LogP contribution in [0.1, 0.15) is 33.2 Å². The summed E-state index contributed by atoms with van der Waals surface area (Å²) in [4.78, 5) is 24.7. The van der Waals surface area contributed by atoms with Gasteiger partial charge in [0.15, 0.2) is 17.3 Å². The standard InChI is InChI=1S/C21H20O7/c1-5-27-21(23)13-7-8-15-14(10-13)18(22)17(28-15)11-12-6-9-16(24-2)20(26-4)19(12)25-3/h6-11H,5H2,1-4H3. The fourth-order valence-electron chi connectivity index (χ4n) is 2.91. The zero-order valence-electron chi connectivity index (χ0n) is 16.0. The van der Waals surface area contributed by atoms with Crippen LogP contribution in [-0.2, 0) is 4.74 Å². The average Bonchev–Trinajstić information content (AvgIpc) is 3.02. The minimum atomic E-state index is -0.489. The number of Topliss-reactive ketones (excluding diaryl/α,β-unsaturated/α-hetero) is 1. The summed E-state index contributed by atoms with van der Waals surface area (Å²) in [5.74, 6) is 0.990. The molecule has 0 N–H and O–H groups in total. The first-order valence-electron chi connectivity index (χ1n) is 8.58. The van der Waals surface area contributed by atoms with E-state index in [1.165, 1.54) is 27.4 Å². The predicted octanol–water partition coefficient (Wildman–Crippen LogP) is 3.51. The van der Waals surface area contributed by atoms with Gasteiger partial charge in [0, 0.05) is 5.56 Å². The van der Waals surface area contributed by atoms with Crippen LogP contribution in [0.15, 0.2) is 36.1 Å². The Hall–Kier alpha value is -3.48. The topological polar surface area (TPSA) is 80.3 Å². The van der Waals surface area contributed by atoms with E-state index in [-0.39, 0.29) is 18.1 Å². The highest BCUT2D eigenvalue weighted by atomic mass is 16.5. The number of fused-ring (bicyclic) bond motifs is 1. The second-order valence-electron chi connectivity index (χ2n) is 5.79. The largest absolute Gasteiger partial charge is 0.493 e. The number of allylic oxidation sites excluding steroid dienone is 1. The van der Waals surface area contributed by atoms with E-state index in [0.29, 0.717) is 39.7 Å². The highest BCUT2D eigenvalue weighted by molar-refractivity contribution is 6.15. The van der Waals surface area contributed by atoms with Crippen LogP contribution in [0.5, 0.6) is 23.0 Å². The number of carbonyl (C=O) groups excluding carboxylic acids is 2. The van der Waals surface area contributed by atoms with Crippen molar-refractivity contribution in [2.24, 2.45) is 0 Å². The molecule has 1 aliphatic heterocycles.